The van der Waals surface area contributed by atoms with Crippen LogP contribution in [0.3, 0.4) is 0 Å². The highest BCUT2D eigenvalue weighted by atomic mass is 32.2. The summed E-state index contributed by atoms with van der Waals surface area (Å²) in [6, 6.07) is 16.6. The number of fused-ring (bicyclic) bond motifs is 1. The number of anilines is 1. The van der Waals surface area contributed by atoms with Crippen molar-refractivity contribution in [2.45, 2.75) is 70.9 Å². The molecule has 5 nitrogen and oxygen atoms in total. The zero-order chi connectivity index (χ0) is 25.3. The molecule has 0 saturated carbocycles. The number of ether oxygens (including phenoxy) is 1. The first-order chi connectivity index (χ1) is 17.4. The van der Waals surface area contributed by atoms with Crippen molar-refractivity contribution in [3.8, 4) is 0 Å². The standard InChI is InChI=1S/C30H37N3O2S/c1-5-15-33-26-14-13-22(17-25(26)21(2)19-30(33,3)4)18-27-28(34)32(20-24-12-9-16-35-24)29(36-27)31-23-10-7-6-8-11-23/h6-8,10-11,13-14,17-18,21,24H,5,9,12,15-16,19-20H2,1-4H3/b27-18+,31-29?. The van der Waals surface area contributed by atoms with Gasteiger partial charge in [0.05, 0.1) is 23.2 Å². The number of carbonyl (C=O) groups excluding carboxylic acids is 1. The van der Waals surface area contributed by atoms with Crippen LogP contribution >= 0.6 is 11.8 Å². The molecule has 2 aromatic rings. The number of rotatable bonds is 6. The first-order valence-corrected chi connectivity index (χ1v) is 14.1. The number of amidine groups is 1. The number of benzene rings is 2. The third-order valence-electron chi connectivity index (χ3n) is 7.43. The van der Waals surface area contributed by atoms with Gasteiger partial charge in [-0.3, -0.25) is 9.69 Å². The number of carbonyl (C=O) groups is 1. The van der Waals surface area contributed by atoms with Gasteiger partial charge in [-0.15, -0.1) is 0 Å². The van der Waals surface area contributed by atoms with E-state index in [9.17, 15) is 4.79 Å². The average molecular weight is 504 g/mol. The Bertz CT molecular complexity index is 1170. The van der Waals surface area contributed by atoms with Crippen molar-refractivity contribution in [2.75, 3.05) is 24.6 Å². The lowest BCUT2D eigenvalue weighted by atomic mass is 9.79. The van der Waals surface area contributed by atoms with Crippen LogP contribution in [-0.2, 0) is 9.53 Å². The summed E-state index contributed by atoms with van der Waals surface area (Å²) in [5.74, 6) is 0.490. The van der Waals surface area contributed by atoms with Crippen LogP contribution in [0.15, 0.2) is 58.4 Å². The molecule has 2 unspecified atom stereocenters. The highest BCUT2D eigenvalue weighted by molar-refractivity contribution is 8.18. The first kappa shape index (κ1) is 25.1. The summed E-state index contributed by atoms with van der Waals surface area (Å²) >= 11 is 1.47. The Labute approximate surface area is 219 Å². The molecule has 2 saturated heterocycles. The van der Waals surface area contributed by atoms with Gasteiger partial charge in [-0.05, 0) is 98.7 Å². The lowest BCUT2D eigenvalue weighted by Crippen LogP contribution is -2.48. The van der Waals surface area contributed by atoms with E-state index in [2.05, 4.69) is 50.8 Å². The van der Waals surface area contributed by atoms with Gasteiger partial charge in [0.1, 0.15) is 0 Å². The molecule has 3 heterocycles. The maximum Gasteiger partial charge on any atom is 0.266 e. The minimum absolute atomic E-state index is 0.0182. The second-order valence-electron chi connectivity index (χ2n) is 10.8. The van der Waals surface area contributed by atoms with Gasteiger partial charge < -0.3 is 9.64 Å². The summed E-state index contributed by atoms with van der Waals surface area (Å²) in [6.45, 7) is 11.6. The molecule has 36 heavy (non-hydrogen) atoms. The molecule has 0 spiro atoms. The quantitative estimate of drug-likeness (QED) is 0.399. The summed E-state index contributed by atoms with van der Waals surface area (Å²) < 4.78 is 5.85. The molecule has 0 bridgehead atoms. The zero-order valence-electron chi connectivity index (χ0n) is 21.9. The predicted molar refractivity (Wildman–Crippen MR) is 151 cm³/mol. The van der Waals surface area contributed by atoms with Gasteiger partial charge in [0.2, 0.25) is 0 Å². The number of hydrogen-bond acceptors (Lipinski definition) is 5. The molecule has 2 aromatic carbocycles. The van der Waals surface area contributed by atoms with Crippen molar-refractivity contribution in [1.82, 2.24) is 4.90 Å². The van der Waals surface area contributed by atoms with Crippen molar-refractivity contribution in [3.05, 3.63) is 64.6 Å². The number of nitrogens with zero attached hydrogens (tertiary/aromatic N) is 3. The van der Waals surface area contributed by atoms with E-state index in [1.165, 1.54) is 23.0 Å². The van der Waals surface area contributed by atoms with E-state index < -0.39 is 0 Å². The molecular formula is C30H37N3O2S. The summed E-state index contributed by atoms with van der Waals surface area (Å²) in [5, 5.41) is 0.732. The molecule has 0 radical (unpaired) electrons. The fourth-order valence-corrected chi connectivity index (χ4v) is 6.76. The molecule has 3 aliphatic rings. The zero-order valence-corrected chi connectivity index (χ0v) is 22.7. The van der Waals surface area contributed by atoms with Crippen molar-refractivity contribution in [1.29, 1.82) is 0 Å². The van der Waals surface area contributed by atoms with Crippen LogP contribution in [-0.4, -0.2) is 47.3 Å². The highest BCUT2D eigenvalue weighted by Gasteiger charge is 2.37. The maximum absolute atomic E-state index is 13.6. The largest absolute Gasteiger partial charge is 0.376 e. The third-order valence-corrected chi connectivity index (χ3v) is 8.44. The van der Waals surface area contributed by atoms with Gasteiger partial charge >= 0.3 is 0 Å². The maximum atomic E-state index is 13.6. The Balaban J connectivity index is 1.46. The Morgan fingerprint density at radius 3 is 2.72 bits per heavy atom. The number of aliphatic imine (C=N–C) groups is 1. The lowest BCUT2D eigenvalue weighted by molar-refractivity contribution is -0.123. The van der Waals surface area contributed by atoms with E-state index in [1.807, 2.05) is 41.3 Å². The summed E-state index contributed by atoms with van der Waals surface area (Å²) in [7, 11) is 0. The van der Waals surface area contributed by atoms with E-state index in [1.54, 1.807) is 0 Å². The lowest BCUT2D eigenvalue weighted by Gasteiger charge is -2.47. The van der Waals surface area contributed by atoms with Crippen molar-refractivity contribution in [2.24, 2.45) is 4.99 Å². The Morgan fingerprint density at radius 2 is 2.00 bits per heavy atom. The van der Waals surface area contributed by atoms with E-state index in [0.29, 0.717) is 12.5 Å². The Kier molecular flexibility index (Phi) is 7.27. The van der Waals surface area contributed by atoms with Gasteiger partial charge in [-0.1, -0.05) is 38.1 Å². The normalized spacial score (nSPS) is 25.7. The fraction of sp³-hybridized carbons (Fsp3) is 0.467. The SMILES string of the molecule is CCCN1c2ccc(/C=C3/SC(=Nc4ccccc4)N(CC4CCCO4)C3=O)cc2C(C)CC1(C)C. The van der Waals surface area contributed by atoms with E-state index in [-0.39, 0.29) is 17.6 Å². The van der Waals surface area contributed by atoms with Crippen LogP contribution in [0.1, 0.15) is 70.4 Å². The van der Waals surface area contributed by atoms with Crippen molar-refractivity contribution in [3.63, 3.8) is 0 Å². The first-order valence-electron chi connectivity index (χ1n) is 13.2. The van der Waals surface area contributed by atoms with E-state index in [4.69, 9.17) is 9.73 Å². The van der Waals surface area contributed by atoms with Crippen LogP contribution in [0, 0.1) is 0 Å². The minimum Gasteiger partial charge on any atom is -0.376 e. The molecule has 0 aliphatic carbocycles. The molecule has 5 rings (SSSR count). The van der Waals surface area contributed by atoms with Gasteiger partial charge in [-0.25, -0.2) is 4.99 Å². The average Bonchev–Trinajstić information content (AvgIpc) is 3.47. The van der Waals surface area contributed by atoms with Crippen LogP contribution in [0.5, 0.6) is 0 Å². The van der Waals surface area contributed by atoms with Crippen LogP contribution in [0.4, 0.5) is 11.4 Å². The van der Waals surface area contributed by atoms with E-state index >= 15 is 0 Å². The number of thioether (sulfide) groups is 1. The molecule has 2 atom stereocenters. The second kappa shape index (κ2) is 10.4. The molecule has 0 aromatic heterocycles. The molecule has 0 N–H and O–H groups in total. The molecular weight excluding hydrogens is 466 g/mol. The summed E-state index contributed by atoms with van der Waals surface area (Å²) in [6.07, 6.45) is 6.40. The van der Waals surface area contributed by atoms with Crippen molar-refractivity contribution >= 4 is 40.3 Å². The van der Waals surface area contributed by atoms with Crippen LogP contribution in [0.2, 0.25) is 0 Å². The molecule has 1 amide bonds. The number of para-hydroxylation sites is 1. The monoisotopic (exact) mass is 503 g/mol. The molecule has 6 heteroatoms. The summed E-state index contributed by atoms with van der Waals surface area (Å²) in [4.78, 5) is 23.5. The molecule has 2 fully saturated rings. The number of amides is 1. The highest BCUT2D eigenvalue weighted by Crippen LogP contribution is 2.44. The fourth-order valence-electron chi connectivity index (χ4n) is 5.75. The van der Waals surface area contributed by atoms with Gasteiger partial charge in [0.25, 0.3) is 5.91 Å². The van der Waals surface area contributed by atoms with Gasteiger partial charge in [0, 0.05) is 24.4 Å². The molecule has 3 aliphatic heterocycles. The summed E-state index contributed by atoms with van der Waals surface area (Å²) in [5.41, 5.74) is 4.78. The topological polar surface area (TPSA) is 45.1 Å². The Morgan fingerprint density at radius 1 is 1.19 bits per heavy atom. The van der Waals surface area contributed by atoms with Crippen LogP contribution < -0.4 is 4.90 Å². The van der Waals surface area contributed by atoms with E-state index in [0.717, 1.165) is 60.2 Å². The van der Waals surface area contributed by atoms with Gasteiger partial charge in [0.15, 0.2) is 5.17 Å². The van der Waals surface area contributed by atoms with Gasteiger partial charge in [-0.2, -0.15) is 0 Å². The Hall–Kier alpha value is -2.57. The van der Waals surface area contributed by atoms with Crippen LogP contribution in [0.25, 0.3) is 6.08 Å². The van der Waals surface area contributed by atoms with Crippen molar-refractivity contribution < 1.29 is 9.53 Å². The second-order valence-corrected chi connectivity index (χ2v) is 11.8. The third kappa shape index (κ3) is 5.12. The smallest absolute Gasteiger partial charge is 0.266 e. The number of hydrogen-bond donors (Lipinski definition) is 0. The molecule has 190 valence electrons. The minimum atomic E-state index is 0.0182. The predicted octanol–water partition coefficient (Wildman–Crippen LogP) is 6.97.